The number of hydrogen-bond acceptors (Lipinski definition) is 7. The van der Waals surface area contributed by atoms with Crippen LogP contribution in [-0.4, -0.2) is 47.7 Å². The van der Waals surface area contributed by atoms with Gasteiger partial charge in [-0.05, 0) is 60.2 Å². The molecule has 2 amide bonds. The third-order valence-corrected chi connectivity index (χ3v) is 6.48. The second kappa shape index (κ2) is 15.7. The zero-order valence-corrected chi connectivity index (χ0v) is 23.7. The summed E-state index contributed by atoms with van der Waals surface area (Å²) in [6.45, 7) is 3.72. The number of hydrogen-bond donors (Lipinski definition) is 6. The van der Waals surface area contributed by atoms with Crippen molar-refractivity contribution in [2.75, 3.05) is 6.54 Å². The Morgan fingerprint density at radius 2 is 1.40 bits per heavy atom. The smallest absolute Gasteiger partial charge is 0.408 e. The average molecular weight is 576 g/mol. The van der Waals surface area contributed by atoms with E-state index in [0.29, 0.717) is 0 Å². The number of benzene rings is 3. The quantitative estimate of drug-likeness (QED) is 0.102. The number of carbonyl (C=O) groups excluding carboxylic acids is 3. The highest BCUT2D eigenvalue weighted by atomic mass is 16.5. The summed E-state index contributed by atoms with van der Waals surface area (Å²) in [6.07, 6.45) is -0.682. The van der Waals surface area contributed by atoms with Crippen molar-refractivity contribution in [3.63, 3.8) is 0 Å². The van der Waals surface area contributed by atoms with Gasteiger partial charge >= 0.3 is 12.1 Å². The molecule has 0 unspecified atom stereocenters. The Morgan fingerprint density at radius 3 is 1.95 bits per heavy atom. The Bertz CT molecular complexity index is 1340. The first kappa shape index (κ1) is 31.5. The van der Waals surface area contributed by atoms with Crippen molar-refractivity contribution < 1.29 is 29.0 Å². The topological polar surface area (TPSA) is 176 Å². The zero-order chi connectivity index (χ0) is 30.5. The number of rotatable bonds is 13. The number of ether oxygens (including phenoxy) is 2. The highest BCUT2D eigenvalue weighted by molar-refractivity contribution is 5.90. The van der Waals surface area contributed by atoms with Crippen molar-refractivity contribution in [1.82, 2.24) is 16.0 Å². The van der Waals surface area contributed by atoms with E-state index in [4.69, 9.17) is 20.6 Å². The maximum atomic E-state index is 13.5. The Hall–Kier alpha value is -5.06. The fraction of sp³-hybridized carbons (Fsp3) is 0.290. The largest absolute Gasteiger partial charge is 0.508 e. The second-order valence-corrected chi connectivity index (χ2v) is 9.80. The van der Waals surface area contributed by atoms with E-state index in [1.54, 1.807) is 38.1 Å². The van der Waals surface area contributed by atoms with E-state index in [9.17, 15) is 19.5 Å². The van der Waals surface area contributed by atoms with E-state index >= 15 is 0 Å². The summed E-state index contributed by atoms with van der Waals surface area (Å²) in [5, 5.41) is 25.2. The molecular weight excluding hydrogens is 538 g/mol. The van der Waals surface area contributed by atoms with Gasteiger partial charge in [0.25, 0.3) is 0 Å². The maximum Gasteiger partial charge on any atom is 0.408 e. The molecule has 0 bridgehead atoms. The molecule has 42 heavy (non-hydrogen) atoms. The summed E-state index contributed by atoms with van der Waals surface area (Å²) in [5.74, 6) is -1.50. The number of aryl methyl sites for hydroxylation is 2. The van der Waals surface area contributed by atoms with Gasteiger partial charge in [-0.15, -0.1) is 0 Å². The normalized spacial score (nSPS) is 12.0. The number of alkyl carbamates (subject to hydrolysis) is 1. The summed E-state index contributed by atoms with van der Waals surface area (Å²) in [4.78, 5) is 39.4. The van der Waals surface area contributed by atoms with Gasteiger partial charge in [0.15, 0.2) is 5.96 Å². The van der Waals surface area contributed by atoms with Crippen LogP contribution in [0.25, 0.3) is 0 Å². The van der Waals surface area contributed by atoms with Gasteiger partial charge in [0.1, 0.15) is 31.0 Å². The minimum atomic E-state index is -1.12. The first-order valence-electron chi connectivity index (χ1n) is 13.5. The molecule has 3 aromatic rings. The van der Waals surface area contributed by atoms with E-state index in [1.165, 1.54) is 0 Å². The summed E-state index contributed by atoms with van der Waals surface area (Å²) in [7, 11) is 0. The van der Waals surface area contributed by atoms with Crippen molar-refractivity contribution in [3.8, 4) is 5.75 Å². The maximum absolute atomic E-state index is 13.5. The molecule has 0 radical (unpaired) electrons. The zero-order valence-electron chi connectivity index (χ0n) is 23.7. The van der Waals surface area contributed by atoms with Crippen LogP contribution >= 0.6 is 0 Å². The molecule has 0 aliphatic heterocycles. The minimum absolute atomic E-state index is 0.000547. The summed E-state index contributed by atoms with van der Waals surface area (Å²) in [6, 6.07) is 19.1. The number of guanidine groups is 1. The number of amides is 2. The number of phenols is 1. The molecular formula is C31H37N5O6. The first-order chi connectivity index (χ1) is 20.1. The Morgan fingerprint density at radius 1 is 0.857 bits per heavy atom. The molecule has 0 heterocycles. The minimum Gasteiger partial charge on any atom is -0.508 e. The predicted octanol–water partition coefficient (Wildman–Crippen LogP) is 2.95. The fourth-order valence-electron chi connectivity index (χ4n) is 4.32. The van der Waals surface area contributed by atoms with Crippen molar-refractivity contribution >= 4 is 23.9 Å². The number of esters is 1. The van der Waals surface area contributed by atoms with Crippen LogP contribution in [0.2, 0.25) is 0 Å². The molecule has 2 atom stereocenters. The van der Waals surface area contributed by atoms with E-state index in [-0.39, 0.29) is 44.3 Å². The molecule has 0 fully saturated rings. The number of carbonyl (C=O) groups is 3. The summed E-state index contributed by atoms with van der Waals surface area (Å²) < 4.78 is 10.8. The standard InChI is InChI=1S/C31H37N5O6/c1-20-15-24(37)16-21(2)25(20)17-27(29(39)41-18-22-9-5-3-6-10-22)35-28(38)26(13-14-34-30(32)33)36-31(40)42-19-23-11-7-4-8-12-23/h3-12,15-16,26-27,37H,13-14,17-19H2,1-2H3,(H,35,38)(H,36,40)(H4,32,33,34)/t26-,27+/m1/s1. The molecule has 3 aromatic carbocycles. The first-order valence-corrected chi connectivity index (χ1v) is 13.5. The van der Waals surface area contributed by atoms with Crippen molar-refractivity contribution in [2.24, 2.45) is 5.73 Å². The van der Waals surface area contributed by atoms with Crippen molar-refractivity contribution in [1.29, 1.82) is 5.41 Å². The molecule has 222 valence electrons. The highest BCUT2D eigenvalue weighted by Gasteiger charge is 2.29. The molecule has 0 aromatic heterocycles. The van der Waals surface area contributed by atoms with Gasteiger partial charge in [-0.2, -0.15) is 0 Å². The van der Waals surface area contributed by atoms with E-state index in [0.717, 1.165) is 27.8 Å². The number of aromatic hydroxyl groups is 1. The Balaban J connectivity index is 1.77. The van der Waals surface area contributed by atoms with Gasteiger partial charge in [-0.1, -0.05) is 60.7 Å². The lowest BCUT2D eigenvalue weighted by Gasteiger charge is -2.24. The van der Waals surface area contributed by atoms with Crippen LogP contribution < -0.4 is 21.7 Å². The van der Waals surface area contributed by atoms with Gasteiger partial charge in [-0.25, -0.2) is 9.59 Å². The SMILES string of the molecule is Cc1cc(O)cc(C)c1C[C@H](NC(=O)[C@@H](CCNC(=N)N)NC(=O)OCc1ccccc1)C(=O)OCc1ccccc1. The van der Waals surface area contributed by atoms with Crippen molar-refractivity contribution in [3.05, 3.63) is 101 Å². The second-order valence-electron chi connectivity index (χ2n) is 9.80. The van der Waals surface area contributed by atoms with Crippen LogP contribution in [0.1, 0.15) is 34.2 Å². The number of phenolic OH excluding ortho intramolecular Hbond substituents is 1. The molecule has 0 saturated heterocycles. The summed E-state index contributed by atoms with van der Waals surface area (Å²) in [5.41, 5.74) is 9.18. The molecule has 0 spiro atoms. The lowest BCUT2D eigenvalue weighted by Crippen LogP contribution is -2.53. The molecule has 0 aliphatic rings. The molecule has 11 nitrogen and oxygen atoms in total. The molecule has 3 rings (SSSR count). The van der Waals surface area contributed by atoms with E-state index in [2.05, 4.69) is 16.0 Å². The number of nitrogens with two attached hydrogens (primary N) is 1. The van der Waals surface area contributed by atoms with E-state index < -0.39 is 30.1 Å². The van der Waals surface area contributed by atoms with Gasteiger partial charge in [0.2, 0.25) is 5.91 Å². The van der Waals surface area contributed by atoms with Crippen LogP contribution in [-0.2, 0) is 38.7 Å². The number of nitrogens with one attached hydrogen (secondary N) is 4. The van der Waals surface area contributed by atoms with Crippen LogP contribution in [0.15, 0.2) is 72.8 Å². The third kappa shape index (κ3) is 10.2. The van der Waals surface area contributed by atoms with Gasteiger partial charge in [-0.3, -0.25) is 10.2 Å². The molecule has 0 saturated carbocycles. The third-order valence-electron chi connectivity index (χ3n) is 6.48. The predicted molar refractivity (Wildman–Crippen MR) is 158 cm³/mol. The van der Waals surface area contributed by atoms with Gasteiger partial charge < -0.3 is 36.3 Å². The monoisotopic (exact) mass is 575 g/mol. The van der Waals surface area contributed by atoms with Gasteiger partial charge in [0, 0.05) is 13.0 Å². The molecule has 0 aliphatic carbocycles. The Kier molecular flexibility index (Phi) is 11.7. The van der Waals surface area contributed by atoms with Crippen LogP contribution in [0.5, 0.6) is 5.75 Å². The molecule has 11 heteroatoms. The molecule has 7 N–H and O–H groups in total. The lowest BCUT2D eigenvalue weighted by molar-refractivity contribution is -0.149. The van der Waals surface area contributed by atoms with E-state index in [1.807, 2.05) is 48.5 Å². The Labute approximate surface area is 244 Å². The van der Waals surface area contributed by atoms with Crippen LogP contribution in [0.4, 0.5) is 4.79 Å². The van der Waals surface area contributed by atoms with Crippen molar-refractivity contribution in [2.45, 2.75) is 52.0 Å². The average Bonchev–Trinajstić information content (AvgIpc) is 2.96. The highest BCUT2D eigenvalue weighted by Crippen LogP contribution is 2.22. The van der Waals surface area contributed by atoms with Gasteiger partial charge in [0.05, 0.1) is 0 Å². The van der Waals surface area contributed by atoms with Crippen LogP contribution in [0.3, 0.4) is 0 Å². The fourth-order valence-corrected chi connectivity index (χ4v) is 4.32. The van der Waals surface area contributed by atoms with Crippen LogP contribution in [0, 0.1) is 19.3 Å². The summed E-state index contributed by atoms with van der Waals surface area (Å²) >= 11 is 0. The lowest BCUT2D eigenvalue weighted by atomic mass is 9.95.